The Balaban J connectivity index is 0.0000101. The Morgan fingerprint density at radius 2 is 0.644 bits per heavy atom. The molecule has 0 bridgehead atoms. The molecule has 258 valence electrons. The SMILES string of the molecule is COc1ccccc1CNCCCCCCNCCCCCCCCCCNCCCCCCNCc1ccccc1OC.Cl. The number of hydrogen-bond donors (Lipinski definition) is 4. The van der Waals surface area contributed by atoms with Crippen molar-refractivity contribution in [1.82, 2.24) is 21.3 Å². The first-order valence-electron chi connectivity index (χ1n) is 17.9. The van der Waals surface area contributed by atoms with Gasteiger partial charge in [0.1, 0.15) is 11.5 Å². The summed E-state index contributed by atoms with van der Waals surface area (Å²) >= 11 is 0. The summed E-state index contributed by atoms with van der Waals surface area (Å²) in [6, 6.07) is 16.5. The van der Waals surface area contributed by atoms with Gasteiger partial charge < -0.3 is 30.7 Å². The van der Waals surface area contributed by atoms with Gasteiger partial charge in [-0.15, -0.1) is 12.4 Å². The highest BCUT2D eigenvalue weighted by molar-refractivity contribution is 5.85. The second-order valence-electron chi connectivity index (χ2n) is 12.1. The maximum atomic E-state index is 5.42. The van der Waals surface area contributed by atoms with Gasteiger partial charge in [0.05, 0.1) is 14.2 Å². The molecule has 7 heteroatoms. The first kappa shape index (κ1) is 41.2. The molecule has 45 heavy (non-hydrogen) atoms. The van der Waals surface area contributed by atoms with Crippen LogP contribution < -0.4 is 30.7 Å². The van der Waals surface area contributed by atoms with Crippen LogP contribution in [-0.2, 0) is 13.1 Å². The zero-order valence-corrected chi connectivity index (χ0v) is 29.6. The van der Waals surface area contributed by atoms with Gasteiger partial charge in [0.2, 0.25) is 0 Å². The van der Waals surface area contributed by atoms with Gasteiger partial charge in [-0.05, 0) is 89.9 Å². The lowest BCUT2D eigenvalue weighted by Gasteiger charge is -2.09. The number of para-hydroxylation sites is 2. The summed E-state index contributed by atoms with van der Waals surface area (Å²) in [4.78, 5) is 0. The topological polar surface area (TPSA) is 66.6 Å². The summed E-state index contributed by atoms with van der Waals surface area (Å²) < 4.78 is 10.8. The maximum absolute atomic E-state index is 5.42. The van der Waals surface area contributed by atoms with Gasteiger partial charge in [-0.1, -0.05) is 101 Å². The van der Waals surface area contributed by atoms with Crippen molar-refractivity contribution in [2.45, 2.75) is 116 Å². The lowest BCUT2D eigenvalue weighted by Crippen LogP contribution is -2.17. The number of rotatable bonds is 31. The second-order valence-corrected chi connectivity index (χ2v) is 12.1. The number of halogens is 1. The smallest absolute Gasteiger partial charge is 0.123 e. The minimum absolute atomic E-state index is 0. The molecule has 0 aliphatic carbocycles. The van der Waals surface area contributed by atoms with Crippen molar-refractivity contribution >= 4 is 12.4 Å². The van der Waals surface area contributed by atoms with Crippen molar-refractivity contribution < 1.29 is 9.47 Å². The van der Waals surface area contributed by atoms with E-state index < -0.39 is 0 Å². The quantitative estimate of drug-likeness (QED) is 0.0617. The van der Waals surface area contributed by atoms with E-state index in [4.69, 9.17) is 9.47 Å². The van der Waals surface area contributed by atoms with Crippen molar-refractivity contribution in [2.24, 2.45) is 0 Å². The lowest BCUT2D eigenvalue weighted by molar-refractivity contribution is 0.407. The zero-order valence-electron chi connectivity index (χ0n) is 28.8. The molecule has 0 atom stereocenters. The third kappa shape index (κ3) is 22.4. The van der Waals surface area contributed by atoms with Gasteiger partial charge in [-0.2, -0.15) is 0 Å². The molecule has 0 heterocycles. The fourth-order valence-electron chi connectivity index (χ4n) is 5.66. The Morgan fingerprint density at radius 3 is 0.956 bits per heavy atom. The Morgan fingerprint density at radius 1 is 0.378 bits per heavy atom. The fraction of sp³-hybridized carbons (Fsp3) is 0.684. The van der Waals surface area contributed by atoms with E-state index >= 15 is 0 Å². The molecule has 4 N–H and O–H groups in total. The van der Waals surface area contributed by atoms with Crippen LogP contribution in [0.1, 0.15) is 114 Å². The fourth-order valence-corrected chi connectivity index (χ4v) is 5.66. The van der Waals surface area contributed by atoms with Crippen LogP contribution in [0.5, 0.6) is 11.5 Å². The van der Waals surface area contributed by atoms with Crippen molar-refractivity contribution in [3.05, 3.63) is 59.7 Å². The number of hydrogen-bond acceptors (Lipinski definition) is 6. The molecule has 0 unspecified atom stereocenters. The van der Waals surface area contributed by atoms with Gasteiger partial charge in [0, 0.05) is 24.2 Å². The molecule has 0 aliphatic rings. The molecular weight excluding hydrogens is 580 g/mol. The van der Waals surface area contributed by atoms with Gasteiger partial charge >= 0.3 is 0 Å². The summed E-state index contributed by atoms with van der Waals surface area (Å²) in [7, 11) is 3.48. The largest absolute Gasteiger partial charge is 0.496 e. The molecule has 2 aromatic rings. The number of benzene rings is 2. The van der Waals surface area contributed by atoms with Crippen molar-refractivity contribution in [1.29, 1.82) is 0 Å². The van der Waals surface area contributed by atoms with E-state index in [-0.39, 0.29) is 12.4 Å². The van der Waals surface area contributed by atoms with E-state index in [0.717, 1.165) is 37.7 Å². The van der Waals surface area contributed by atoms with E-state index in [0.29, 0.717) is 0 Å². The first-order chi connectivity index (χ1) is 21.8. The number of unbranched alkanes of at least 4 members (excludes halogenated alkanes) is 13. The van der Waals surface area contributed by atoms with Crippen LogP contribution in [0, 0.1) is 0 Å². The lowest BCUT2D eigenvalue weighted by atomic mass is 10.1. The standard InChI is InChI=1S/C38H66N4O2.ClH/c1-43-37-25-15-13-23-35(37)33-41-31-21-11-9-19-29-39-27-17-7-5-3-4-6-8-18-28-40-30-20-10-12-22-32-42-34-36-24-14-16-26-38(36)44-2;/h13-16,23-26,39-42H,3-12,17-22,27-34H2,1-2H3;1H. The van der Waals surface area contributed by atoms with E-state index in [2.05, 4.69) is 45.5 Å². The molecule has 0 saturated carbocycles. The number of ether oxygens (including phenoxy) is 2. The first-order valence-corrected chi connectivity index (χ1v) is 17.9. The van der Waals surface area contributed by atoms with Gasteiger partial charge in [0.15, 0.2) is 0 Å². The van der Waals surface area contributed by atoms with Crippen LogP contribution in [0.15, 0.2) is 48.5 Å². The normalized spacial score (nSPS) is 11.0. The van der Waals surface area contributed by atoms with E-state index in [1.165, 1.54) is 140 Å². The minimum Gasteiger partial charge on any atom is -0.496 e. The summed E-state index contributed by atoms with van der Waals surface area (Å²) in [5.74, 6) is 1.95. The third-order valence-electron chi connectivity index (χ3n) is 8.39. The summed E-state index contributed by atoms with van der Waals surface area (Å²) in [6.45, 7) is 8.65. The third-order valence-corrected chi connectivity index (χ3v) is 8.39. The molecule has 2 rings (SSSR count). The summed E-state index contributed by atoms with van der Waals surface area (Å²) in [5.41, 5.74) is 2.48. The van der Waals surface area contributed by atoms with Crippen LogP contribution in [0.25, 0.3) is 0 Å². The van der Waals surface area contributed by atoms with Crippen LogP contribution >= 0.6 is 12.4 Å². The molecule has 0 amide bonds. The molecule has 0 radical (unpaired) electrons. The molecule has 0 aromatic heterocycles. The highest BCUT2D eigenvalue weighted by Gasteiger charge is 2.02. The molecule has 0 spiro atoms. The molecular formula is C38H67ClN4O2. The Hall–Kier alpha value is -1.83. The van der Waals surface area contributed by atoms with E-state index in [1.807, 2.05) is 24.3 Å². The van der Waals surface area contributed by atoms with Crippen molar-refractivity contribution in [3.63, 3.8) is 0 Å². The molecule has 0 saturated heterocycles. The second kappa shape index (κ2) is 30.8. The molecule has 6 nitrogen and oxygen atoms in total. The number of nitrogens with one attached hydrogen (secondary N) is 4. The summed E-state index contributed by atoms with van der Waals surface area (Å²) in [6.07, 6.45) is 21.4. The minimum atomic E-state index is 0. The van der Waals surface area contributed by atoms with Gasteiger partial charge in [-0.25, -0.2) is 0 Å². The predicted molar refractivity (Wildman–Crippen MR) is 196 cm³/mol. The van der Waals surface area contributed by atoms with Crippen LogP contribution in [-0.4, -0.2) is 53.5 Å². The Labute approximate surface area is 283 Å². The van der Waals surface area contributed by atoms with E-state index in [9.17, 15) is 0 Å². The molecule has 0 aliphatic heterocycles. The Kier molecular flexibility index (Phi) is 28.2. The highest BCUT2D eigenvalue weighted by Crippen LogP contribution is 2.17. The van der Waals surface area contributed by atoms with Crippen molar-refractivity contribution in [3.8, 4) is 11.5 Å². The number of methoxy groups -OCH3 is 2. The monoisotopic (exact) mass is 646 g/mol. The summed E-state index contributed by atoms with van der Waals surface area (Å²) in [5, 5.41) is 14.4. The van der Waals surface area contributed by atoms with Crippen LogP contribution in [0.4, 0.5) is 0 Å². The van der Waals surface area contributed by atoms with Gasteiger partial charge in [0.25, 0.3) is 0 Å². The molecule has 0 fully saturated rings. The van der Waals surface area contributed by atoms with Crippen LogP contribution in [0.2, 0.25) is 0 Å². The predicted octanol–water partition coefficient (Wildman–Crippen LogP) is 8.43. The maximum Gasteiger partial charge on any atom is 0.123 e. The van der Waals surface area contributed by atoms with Crippen LogP contribution in [0.3, 0.4) is 0 Å². The molecule has 2 aromatic carbocycles. The highest BCUT2D eigenvalue weighted by atomic mass is 35.5. The average Bonchev–Trinajstić information content (AvgIpc) is 3.06. The Bertz CT molecular complexity index is 843. The van der Waals surface area contributed by atoms with Gasteiger partial charge in [-0.3, -0.25) is 0 Å². The average molecular weight is 647 g/mol. The zero-order chi connectivity index (χ0) is 31.2. The van der Waals surface area contributed by atoms with E-state index in [1.54, 1.807) is 14.2 Å². The van der Waals surface area contributed by atoms with Crippen molar-refractivity contribution in [2.75, 3.05) is 53.5 Å².